The Morgan fingerprint density at radius 1 is 0.687 bits per heavy atom. The first-order chi connectivity index (χ1) is 31.8. The number of amides is 2. The van der Waals surface area contributed by atoms with Crippen LogP contribution in [0.15, 0.2) is 60.7 Å². The van der Waals surface area contributed by atoms with Crippen LogP contribution >= 0.6 is 0 Å². The van der Waals surface area contributed by atoms with E-state index in [4.69, 9.17) is 42.3 Å². The summed E-state index contributed by atoms with van der Waals surface area (Å²) in [5.41, 5.74) is 1.61. The Labute approximate surface area is 396 Å². The van der Waals surface area contributed by atoms with Crippen LogP contribution < -0.4 is 10.6 Å². The van der Waals surface area contributed by atoms with Crippen LogP contribution in [0.2, 0.25) is 18.1 Å². The minimum Gasteiger partial charge on any atom is -0.445 e. The number of hydrogen-bond donors (Lipinski definition) is 6. The molecule has 376 valence electrons. The molecule has 0 unspecified atom stereocenters. The van der Waals surface area contributed by atoms with Crippen molar-refractivity contribution in [1.29, 1.82) is 0 Å². The molecular weight excluding hydrogens is 885 g/mol. The maximum atomic E-state index is 13.5. The van der Waals surface area contributed by atoms with E-state index in [2.05, 4.69) is 44.5 Å². The van der Waals surface area contributed by atoms with Crippen molar-refractivity contribution in [3.05, 3.63) is 71.8 Å². The molecule has 3 aliphatic heterocycles. The van der Waals surface area contributed by atoms with E-state index in [9.17, 15) is 30.0 Å². The molecule has 4 fully saturated rings. The molecule has 2 aromatic rings. The molecule has 0 aromatic heterocycles. The Kier molecular flexibility index (Phi) is 18.7. The number of carbonyl (C=O) groups is 2. The zero-order valence-corrected chi connectivity index (χ0v) is 41.5. The number of hydrogen-bond acceptors (Lipinski definition) is 15. The van der Waals surface area contributed by atoms with Crippen molar-refractivity contribution in [2.75, 3.05) is 13.2 Å². The van der Waals surface area contributed by atoms with Crippen LogP contribution in [0.1, 0.15) is 85.3 Å². The van der Waals surface area contributed by atoms with E-state index in [0.717, 1.165) is 24.0 Å². The summed E-state index contributed by atoms with van der Waals surface area (Å²) in [4.78, 5) is 26.0. The number of aliphatic hydroxyl groups is 4. The molecule has 1 aliphatic carbocycles. The monoisotopic (exact) mass is 961 g/mol. The number of benzene rings is 2. The van der Waals surface area contributed by atoms with E-state index in [1.807, 2.05) is 81.4 Å². The molecule has 18 heteroatoms. The highest BCUT2D eigenvalue weighted by molar-refractivity contribution is 6.74. The van der Waals surface area contributed by atoms with Gasteiger partial charge in [-0.1, -0.05) is 109 Å². The predicted molar refractivity (Wildman–Crippen MR) is 248 cm³/mol. The van der Waals surface area contributed by atoms with Crippen molar-refractivity contribution in [2.45, 2.75) is 191 Å². The maximum Gasteiger partial charge on any atom is 0.407 e. The van der Waals surface area contributed by atoms with Crippen LogP contribution in [-0.2, 0) is 55.5 Å². The van der Waals surface area contributed by atoms with Crippen molar-refractivity contribution >= 4 is 20.5 Å². The average molecular weight is 961 g/mol. The fourth-order valence-electron chi connectivity index (χ4n) is 8.72. The molecule has 6 N–H and O–H groups in total. The van der Waals surface area contributed by atoms with E-state index in [0.29, 0.717) is 19.4 Å². The Morgan fingerprint density at radius 3 is 1.88 bits per heavy atom. The molecule has 3 saturated heterocycles. The first-order valence-corrected chi connectivity index (χ1v) is 26.9. The lowest BCUT2D eigenvalue weighted by Gasteiger charge is -2.47. The van der Waals surface area contributed by atoms with Crippen LogP contribution in [0, 0.1) is 17.8 Å². The average Bonchev–Trinajstić information content (AvgIpc) is 3.60. The highest BCUT2D eigenvalue weighted by Crippen LogP contribution is 2.40. The van der Waals surface area contributed by atoms with E-state index in [1.54, 1.807) is 6.92 Å². The number of aliphatic hydroxyl groups excluding tert-OH is 4. The van der Waals surface area contributed by atoms with Crippen LogP contribution in [0.4, 0.5) is 9.59 Å². The van der Waals surface area contributed by atoms with Gasteiger partial charge in [-0.25, -0.2) is 9.59 Å². The molecular formula is C49H76N2O15Si. The van der Waals surface area contributed by atoms with Gasteiger partial charge in [0.15, 0.2) is 27.2 Å². The summed E-state index contributed by atoms with van der Waals surface area (Å²) in [5.74, 6) is -1.23. The number of alkyl carbamates (subject to hydrolysis) is 2. The number of ether oxygens (including phenoxy) is 8. The van der Waals surface area contributed by atoms with Gasteiger partial charge in [-0.3, -0.25) is 0 Å². The number of carbonyl (C=O) groups excluding carboxylic acids is 2. The molecule has 6 rings (SSSR count). The molecule has 3 heterocycles. The quantitative estimate of drug-likeness (QED) is 0.108. The standard InChI is InChI=1S/C49H76N2O15Si/c1-10-35-42(65-45-30(4)38(53)39(54)36(63-45)24-50-47(56)58-25-31-17-13-11-14-18-31)40(55)46(62-35)66-43-37(52)29(3)23-34(51-48(57)59-26-32-19-15-12-16-20-32)41(43)64-44-28(2)21-22-33(61-44)27-60-67(8,9)49(5,6)7/h11-20,28-30,33-46,52-55H,10,21-27H2,1-9H3,(H,50,56)(H,51,57)/t28-,29-,30-,33+,34+,35-,36+,37+,38-,39-,40-,41-,42-,43-,44-,45-,46+/m1/s1. The van der Waals surface area contributed by atoms with Crippen LogP contribution in [-0.4, -0.2) is 140 Å². The largest absolute Gasteiger partial charge is 0.445 e. The van der Waals surface area contributed by atoms with Crippen molar-refractivity contribution in [3.8, 4) is 0 Å². The van der Waals surface area contributed by atoms with Gasteiger partial charge < -0.3 is 73.4 Å². The Morgan fingerprint density at radius 2 is 1.27 bits per heavy atom. The second-order valence-corrected chi connectivity index (χ2v) is 25.1. The van der Waals surface area contributed by atoms with E-state index < -0.39 is 112 Å². The molecule has 1 saturated carbocycles. The summed E-state index contributed by atoms with van der Waals surface area (Å²) in [7, 11) is -2.09. The van der Waals surface area contributed by atoms with Crippen LogP contribution in [0.5, 0.6) is 0 Å². The molecule has 0 spiro atoms. The topological polar surface area (TPSA) is 222 Å². The summed E-state index contributed by atoms with van der Waals surface area (Å²) < 4.78 is 56.4. The first-order valence-electron chi connectivity index (χ1n) is 24.0. The summed E-state index contributed by atoms with van der Waals surface area (Å²) >= 11 is 0. The van der Waals surface area contributed by atoms with Gasteiger partial charge >= 0.3 is 12.2 Å². The normalized spacial score (nSPS) is 36.0. The smallest absolute Gasteiger partial charge is 0.407 e. The molecule has 0 bridgehead atoms. The summed E-state index contributed by atoms with van der Waals surface area (Å²) in [5, 5.41) is 51.5. The van der Waals surface area contributed by atoms with Gasteiger partial charge in [-0.15, -0.1) is 0 Å². The Hall–Kier alpha value is -3.24. The van der Waals surface area contributed by atoms with Gasteiger partial charge in [-0.2, -0.15) is 0 Å². The minimum atomic E-state index is -2.09. The van der Waals surface area contributed by atoms with Gasteiger partial charge in [0.2, 0.25) is 0 Å². The summed E-state index contributed by atoms with van der Waals surface area (Å²) in [6.07, 6.45) is -12.9. The van der Waals surface area contributed by atoms with Crippen LogP contribution in [0.3, 0.4) is 0 Å². The van der Waals surface area contributed by atoms with E-state index in [-0.39, 0.29) is 36.8 Å². The first kappa shape index (κ1) is 53.1. The second kappa shape index (κ2) is 23.6. The Bertz CT molecular complexity index is 1840. The van der Waals surface area contributed by atoms with Crippen molar-refractivity contribution in [3.63, 3.8) is 0 Å². The highest BCUT2D eigenvalue weighted by Gasteiger charge is 2.54. The maximum absolute atomic E-state index is 13.5. The third kappa shape index (κ3) is 13.8. The zero-order chi connectivity index (χ0) is 48.6. The van der Waals surface area contributed by atoms with Gasteiger partial charge in [0, 0.05) is 18.4 Å². The van der Waals surface area contributed by atoms with Crippen molar-refractivity contribution in [2.24, 2.45) is 17.8 Å². The molecule has 17 atom stereocenters. The molecule has 67 heavy (non-hydrogen) atoms. The lowest BCUT2D eigenvalue weighted by Crippen LogP contribution is -2.63. The highest BCUT2D eigenvalue weighted by atomic mass is 28.4. The SMILES string of the molecule is CC[C@H]1O[C@@H](O[C@@H]2[C@@H](O)[C@H](C)C[C@H](NC(=O)OCc3ccccc3)[C@H]2O[C@H]2O[C@H](CO[Si](C)(C)C(C)(C)C)CC[C@H]2C)[C@H](O)[C@@H]1O[C@H]1O[C@@H](CNC(=O)OCc2ccccc2)[C@@H](O)[C@H](O)[C@H]1C. The Balaban J connectivity index is 1.16. The van der Waals surface area contributed by atoms with Crippen molar-refractivity contribution in [1.82, 2.24) is 10.6 Å². The molecule has 2 amide bonds. The third-order valence-electron chi connectivity index (χ3n) is 14.2. The molecule has 0 radical (unpaired) electrons. The lowest BCUT2D eigenvalue weighted by atomic mass is 9.80. The van der Waals surface area contributed by atoms with Crippen LogP contribution in [0.25, 0.3) is 0 Å². The van der Waals surface area contributed by atoms with E-state index in [1.165, 1.54) is 0 Å². The fourth-order valence-corrected chi connectivity index (χ4v) is 9.76. The minimum absolute atomic E-state index is 0.0116. The lowest BCUT2D eigenvalue weighted by molar-refractivity contribution is -0.302. The van der Waals surface area contributed by atoms with Gasteiger partial charge in [0.1, 0.15) is 49.8 Å². The summed E-state index contributed by atoms with van der Waals surface area (Å²) in [6.45, 7) is 18.6. The molecule has 2 aromatic carbocycles. The molecule has 4 aliphatic rings. The second-order valence-electron chi connectivity index (χ2n) is 20.3. The summed E-state index contributed by atoms with van der Waals surface area (Å²) in [6, 6.07) is 17.8. The predicted octanol–water partition coefficient (Wildman–Crippen LogP) is 5.51. The van der Waals surface area contributed by atoms with Gasteiger partial charge in [-0.05, 0) is 60.9 Å². The van der Waals surface area contributed by atoms with E-state index >= 15 is 0 Å². The fraction of sp³-hybridized carbons (Fsp3) is 0.714. The third-order valence-corrected chi connectivity index (χ3v) is 18.7. The number of rotatable bonds is 17. The van der Waals surface area contributed by atoms with Crippen molar-refractivity contribution < 1.29 is 72.3 Å². The number of nitrogens with one attached hydrogen (secondary N) is 2. The zero-order valence-electron chi connectivity index (χ0n) is 40.5. The van der Waals surface area contributed by atoms with Gasteiger partial charge in [0.25, 0.3) is 0 Å². The molecule has 17 nitrogen and oxygen atoms in total. The van der Waals surface area contributed by atoms with Gasteiger partial charge in [0.05, 0.1) is 37.1 Å².